The predicted molar refractivity (Wildman–Crippen MR) is 68.1 cm³/mol. The molecule has 0 atom stereocenters. The SMILES string of the molecule is COc1ccc(C(=O)N2CCC2)cc1OCCN. The Labute approximate surface area is 106 Å². The van der Waals surface area contributed by atoms with Crippen LogP contribution < -0.4 is 15.2 Å². The van der Waals surface area contributed by atoms with E-state index in [4.69, 9.17) is 15.2 Å². The Kier molecular flexibility index (Phi) is 4.04. The summed E-state index contributed by atoms with van der Waals surface area (Å²) in [5.41, 5.74) is 6.03. The van der Waals surface area contributed by atoms with Crippen LogP contribution in [0.2, 0.25) is 0 Å². The number of methoxy groups -OCH3 is 1. The topological polar surface area (TPSA) is 64.8 Å². The molecule has 0 radical (unpaired) electrons. The van der Waals surface area contributed by atoms with Crippen LogP contribution in [-0.4, -0.2) is 44.2 Å². The summed E-state index contributed by atoms with van der Waals surface area (Å²) in [6, 6.07) is 5.23. The summed E-state index contributed by atoms with van der Waals surface area (Å²) in [5.74, 6) is 1.22. The van der Waals surface area contributed by atoms with Crippen LogP contribution in [0.4, 0.5) is 0 Å². The number of hydrogen-bond acceptors (Lipinski definition) is 4. The van der Waals surface area contributed by atoms with Gasteiger partial charge in [0.2, 0.25) is 0 Å². The molecule has 0 bridgehead atoms. The number of nitrogens with two attached hydrogens (primary N) is 1. The second-order valence-electron chi connectivity index (χ2n) is 4.15. The molecule has 1 heterocycles. The maximum atomic E-state index is 12.1. The van der Waals surface area contributed by atoms with Crippen LogP contribution in [0.3, 0.4) is 0 Å². The Morgan fingerprint density at radius 3 is 2.72 bits per heavy atom. The molecule has 0 spiro atoms. The van der Waals surface area contributed by atoms with Gasteiger partial charge in [-0.15, -0.1) is 0 Å². The van der Waals surface area contributed by atoms with E-state index >= 15 is 0 Å². The summed E-state index contributed by atoms with van der Waals surface area (Å²) in [5, 5.41) is 0. The molecule has 0 aliphatic carbocycles. The lowest BCUT2D eigenvalue weighted by molar-refractivity contribution is 0.0651. The first-order valence-corrected chi connectivity index (χ1v) is 6.06. The van der Waals surface area contributed by atoms with Crippen LogP contribution in [-0.2, 0) is 0 Å². The van der Waals surface area contributed by atoms with Gasteiger partial charge in [0, 0.05) is 25.2 Å². The molecule has 1 aliphatic heterocycles. The fraction of sp³-hybridized carbons (Fsp3) is 0.462. The predicted octanol–water partition coefficient (Wildman–Crippen LogP) is 0.879. The smallest absolute Gasteiger partial charge is 0.253 e. The largest absolute Gasteiger partial charge is 0.493 e. The third-order valence-electron chi connectivity index (χ3n) is 2.93. The van der Waals surface area contributed by atoms with Crippen molar-refractivity contribution in [2.75, 3.05) is 33.4 Å². The van der Waals surface area contributed by atoms with Gasteiger partial charge in [-0.05, 0) is 24.6 Å². The first-order chi connectivity index (χ1) is 8.76. The van der Waals surface area contributed by atoms with Crippen LogP contribution in [0.1, 0.15) is 16.8 Å². The number of carbonyl (C=O) groups excluding carboxylic acids is 1. The Morgan fingerprint density at radius 1 is 1.39 bits per heavy atom. The van der Waals surface area contributed by atoms with Gasteiger partial charge in [-0.1, -0.05) is 0 Å². The number of rotatable bonds is 5. The van der Waals surface area contributed by atoms with Gasteiger partial charge in [-0.2, -0.15) is 0 Å². The molecule has 2 rings (SSSR count). The maximum absolute atomic E-state index is 12.1. The molecule has 0 saturated carbocycles. The minimum Gasteiger partial charge on any atom is -0.493 e. The third-order valence-corrected chi connectivity index (χ3v) is 2.93. The molecule has 1 fully saturated rings. The lowest BCUT2D eigenvalue weighted by Gasteiger charge is -2.31. The summed E-state index contributed by atoms with van der Waals surface area (Å²) >= 11 is 0. The number of ether oxygens (including phenoxy) is 2. The fourth-order valence-corrected chi connectivity index (χ4v) is 1.79. The van der Waals surface area contributed by atoms with Crippen molar-refractivity contribution in [3.05, 3.63) is 23.8 Å². The summed E-state index contributed by atoms with van der Waals surface area (Å²) in [6.07, 6.45) is 1.08. The Bertz CT molecular complexity index is 430. The van der Waals surface area contributed by atoms with Gasteiger partial charge in [0.15, 0.2) is 11.5 Å². The molecule has 0 unspecified atom stereocenters. The minimum atomic E-state index is 0.0431. The third kappa shape index (κ3) is 2.56. The molecular formula is C13H18N2O3. The molecule has 1 aromatic carbocycles. The van der Waals surface area contributed by atoms with Crippen molar-refractivity contribution in [3.8, 4) is 11.5 Å². The fourth-order valence-electron chi connectivity index (χ4n) is 1.79. The molecule has 18 heavy (non-hydrogen) atoms. The zero-order valence-electron chi connectivity index (χ0n) is 10.5. The van der Waals surface area contributed by atoms with Crippen LogP contribution in [0.5, 0.6) is 11.5 Å². The normalized spacial score (nSPS) is 14.0. The highest BCUT2D eigenvalue weighted by molar-refractivity contribution is 5.95. The lowest BCUT2D eigenvalue weighted by Crippen LogP contribution is -2.42. The van der Waals surface area contributed by atoms with Crippen molar-refractivity contribution in [1.82, 2.24) is 4.90 Å². The van der Waals surface area contributed by atoms with Crippen LogP contribution >= 0.6 is 0 Å². The van der Waals surface area contributed by atoms with Gasteiger partial charge < -0.3 is 20.1 Å². The first kappa shape index (κ1) is 12.7. The summed E-state index contributed by atoms with van der Waals surface area (Å²) in [6.45, 7) is 2.50. The van der Waals surface area contributed by atoms with Gasteiger partial charge in [0.25, 0.3) is 5.91 Å². The number of hydrogen-bond donors (Lipinski definition) is 1. The number of carbonyl (C=O) groups is 1. The second-order valence-corrected chi connectivity index (χ2v) is 4.15. The van der Waals surface area contributed by atoms with Gasteiger partial charge in [0.05, 0.1) is 7.11 Å². The van der Waals surface area contributed by atoms with Crippen molar-refractivity contribution in [2.24, 2.45) is 5.73 Å². The number of amides is 1. The van der Waals surface area contributed by atoms with Crippen LogP contribution in [0.25, 0.3) is 0 Å². The van der Waals surface area contributed by atoms with E-state index in [1.807, 2.05) is 4.90 Å². The Hall–Kier alpha value is -1.75. The van der Waals surface area contributed by atoms with E-state index in [0.29, 0.717) is 30.2 Å². The summed E-state index contributed by atoms with van der Waals surface area (Å²) in [4.78, 5) is 13.9. The molecule has 5 heteroatoms. The molecule has 1 amide bonds. The monoisotopic (exact) mass is 250 g/mol. The highest BCUT2D eigenvalue weighted by Crippen LogP contribution is 2.29. The average Bonchev–Trinajstić information content (AvgIpc) is 2.33. The van der Waals surface area contributed by atoms with Gasteiger partial charge in [-0.3, -0.25) is 4.79 Å². The lowest BCUT2D eigenvalue weighted by atomic mass is 10.1. The van der Waals surface area contributed by atoms with E-state index in [1.54, 1.807) is 25.3 Å². The standard InChI is InChI=1S/C13H18N2O3/c1-17-11-4-3-10(9-12(11)18-8-5-14)13(16)15-6-2-7-15/h3-4,9H,2,5-8,14H2,1H3. The van der Waals surface area contributed by atoms with Crippen molar-refractivity contribution in [2.45, 2.75) is 6.42 Å². The van der Waals surface area contributed by atoms with Crippen LogP contribution in [0.15, 0.2) is 18.2 Å². The van der Waals surface area contributed by atoms with Crippen LogP contribution in [0, 0.1) is 0 Å². The molecule has 2 N–H and O–H groups in total. The first-order valence-electron chi connectivity index (χ1n) is 6.06. The molecule has 0 aromatic heterocycles. The molecule has 5 nitrogen and oxygen atoms in total. The van der Waals surface area contributed by atoms with E-state index in [2.05, 4.69) is 0 Å². The van der Waals surface area contributed by atoms with Crippen molar-refractivity contribution < 1.29 is 14.3 Å². The van der Waals surface area contributed by atoms with E-state index in [-0.39, 0.29) is 5.91 Å². The zero-order chi connectivity index (χ0) is 13.0. The molecular weight excluding hydrogens is 232 g/mol. The number of nitrogens with zero attached hydrogens (tertiary/aromatic N) is 1. The van der Waals surface area contributed by atoms with Crippen molar-refractivity contribution in [3.63, 3.8) is 0 Å². The van der Waals surface area contributed by atoms with E-state index in [9.17, 15) is 4.79 Å². The van der Waals surface area contributed by atoms with Gasteiger partial charge in [0.1, 0.15) is 6.61 Å². The summed E-state index contributed by atoms with van der Waals surface area (Å²) < 4.78 is 10.7. The minimum absolute atomic E-state index is 0.0431. The van der Waals surface area contributed by atoms with Crippen molar-refractivity contribution >= 4 is 5.91 Å². The highest BCUT2D eigenvalue weighted by atomic mass is 16.5. The zero-order valence-corrected chi connectivity index (χ0v) is 10.5. The van der Waals surface area contributed by atoms with Gasteiger partial charge in [-0.25, -0.2) is 0 Å². The second kappa shape index (κ2) is 5.73. The Balaban J connectivity index is 2.18. The molecule has 1 aromatic rings. The maximum Gasteiger partial charge on any atom is 0.253 e. The average molecular weight is 250 g/mol. The quantitative estimate of drug-likeness (QED) is 0.842. The number of benzene rings is 1. The van der Waals surface area contributed by atoms with Crippen molar-refractivity contribution in [1.29, 1.82) is 0 Å². The van der Waals surface area contributed by atoms with E-state index in [1.165, 1.54) is 0 Å². The van der Waals surface area contributed by atoms with E-state index < -0.39 is 0 Å². The molecule has 1 saturated heterocycles. The Morgan fingerprint density at radius 2 is 2.17 bits per heavy atom. The molecule has 1 aliphatic rings. The summed E-state index contributed by atoms with van der Waals surface area (Å²) in [7, 11) is 1.57. The molecule has 98 valence electrons. The van der Waals surface area contributed by atoms with Gasteiger partial charge >= 0.3 is 0 Å². The van der Waals surface area contributed by atoms with E-state index in [0.717, 1.165) is 19.5 Å². The number of likely N-dealkylation sites (tertiary alicyclic amines) is 1. The highest BCUT2D eigenvalue weighted by Gasteiger charge is 2.22.